The van der Waals surface area contributed by atoms with E-state index >= 15 is 0 Å². The van der Waals surface area contributed by atoms with Gasteiger partial charge in [-0.05, 0) is 36.2 Å². The van der Waals surface area contributed by atoms with Crippen molar-refractivity contribution in [3.63, 3.8) is 0 Å². The molecule has 0 amide bonds. The van der Waals surface area contributed by atoms with Crippen LogP contribution in [0.3, 0.4) is 0 Å². The van der Waals surface area contributed by atoms with Crippen molar-refractivity contribution < 1.29 is 17.9 Å². The summed E-state index contributed by atoms with van der Waals surface area (Å²) >= 11 is 0. The Hall–Kier alpha value is -3.16. The SMILES string of the molecule is COc1cccc(CCNc2cc(C(F)(F)F)nc(-c3ccncc3)n2)c1. The third-order valence-electron chi connectivity index (χ3n) is 3.81. The summed E-state index contributed by atoms with van der Waals surface area (Å²) in [5, 5.41) is 2.95. The van der Waals surface area contributed by atoms with Gasteiger partial charge in [-0.15, -0.1) is 0 Å². The monoisotopic (exact) mass is 374 g/mol. The van der Waals surface area contributed by atoms with E-state index in [2.05, 4.69) is 20.3 Å². The fourth-order valence-corrected chi connectivity index (χ4v) is 2.48. The zero-order valence-corrected chi connectivity index (χ0v) is 14.5. The normalized spacial score (nSPS) is 11.3. The number of hydrogen-bond acceptors (Lipinski definition) is 5. The molecule has 0 spiro atoms. The van der Waals surface area contributed by atoms with Crippen LogP contribution in [0.1, 0.15) is 11.3 Å². The zero-order chi connectivity index (χ0) is 19.3. The van der Waals surface area contributed by atoms with Gasteiger partial charge in [-0.1, -0.05) is 12.1 Å². The molecule has 3 rings (SSSR count). The quantitative estimate of drug-likeness (QED) is 0.700. The number of benzene rings is 1. The van der Waals surface area contributed by atoms with E-state index in [0.29, 0.717) is 18.5 Å². The standard InChI is InChI=1S/C19H17F3N4O/c1-27-15-4-2-3-13(11-15)5-10-24-17-12-16(19(20,21)22)25-18(26-17)14-6-8-23-9-7-14/h2-4,6-9,11-12H,5,10H2,1H3,(H,24,25,26). The van der Waals surface area contributed by atoms with Gasteiger partial charge < -0.3 is 10.1 Å². The van der Waals surface area contributed by atoms with E-state index in [1.165, 1.54) is 12.4 Å². The highest BCUT2D eigenvalue weighted by Crippen LogP contribution is 2.30. The molecule has 140 valence electrons. The Balaban J connectivity index is 1.79. The van der Waals surface area contributed by atoms with Gasteiger partial charge in [-0.25, -0.2) is 9.97 Å². The highest BCUT2D eigenvalue weighted by atomic mass is 19.4. The van der Waals surface area contributed by atoms with Gasteiger partial charge >= 0.3 is 6.18 Å². The average Bonchev–Trinajstić information content (AvgIpc) is 2.68. The van der Waals surface area contributed by atoms with Gasteiger partial charge in [0, 0.05) is 30.6 Å². The molecule has 0 fully saturated rings. The van der Waals surface area contributed by atoms with Gasteiger partial charge in [0.15, 0.2) is 11.5 Å². The second-order valence-corrected chi connectivity index (χ2v) is 5.72. The number of methoxy groups -OCH3 is 1. The molecule has 1 N–H and O–H groups in total. The lowest BCUT2D eigenvalue weighted by Gasteiger charge is -2.12. The number of pyridine rings is 1. The van der Waals surface area contributed by atoms with Crippen LogP contribution in [-0.4, -0.2) is 28.6 Å². The Bertz CT molecular complexity index is 901. The van der Waals surface area contributed by atoms with Crippen molar-refractivity contribution in [1.82, 2.24) is 15.0 Å². The maximum absolute atomic E-state index is 13.2. The van der Waals surface area contributed by atoms with Gasteiger partial charge in [-0.2, -0.15) is 13.2 Å². The van der Waals surface area contributed by atoms with E-state index in [-0.39, 0.29) is 11.6 Å². The molecule has 1 aromatic carbocycles. The van der Waals surface area contributed by atoms with Crippen LogP contribution in [0.2, 0.25) is 0 Å². The van der Waals surface area contributed by atoms with Crippen LogP contribution in [0.4, 0.5) is 19.0 Å². The van der Waals surface area contributed by atoms with Crippen LogP contribution in [0.15, 0.2) is 54.9 Å². The number of aromatic nitrogens is 3. The second-order valence-electron chi connectivity index (χ2n) is 5.72. The Morgan fingerprint density at radius 1 is 1.04 bits per heavy atom. The molecule has 0 bridgehead atoms. The largest absolute Gasteiger partial charge is 0.497 e. The average molecular weight is 374 g/mol. The summed E-state index contributed by atoms with van der Waals surface area (Å²) in [7, 11) is 1.58. The smallest absolute Gasteiger partial charge is 0.433 e. The molecule has 0 saturated carbocycles. The van der Waals surface area contributed by atoms with E-state index in [0.717, 1.165) is 17.4 Å². The Kier molecular flexibility index (Phi) is 5.54. The van der Waals surface area contributed by atoms with E-state index in [1.807, 2.05) is 24.3 Å². The summed E-state index contributed by atoms with van der Waals surface area (Å²) in [4.78, 5) is 11.7. The van der Waals surface area contributed by atoms with Crippen LogP contribution in [-0.2, 0) is 12.6 Å². The fourth-order valence-electron chi connectivity index (χ4n) is 2.48. The maximum atomic E-state index is 13.2. The molecule has 8 heteroatoms. The molecular weight excluding hydrogens is 357 g/mol. The summed E-state index contributed by atoms with van der Waals surface area (Å²) < 4.78 is 44.7. The summed E-state index contributed by atoms with van der Waals surface area (Å²) in [6.45, 7) is 0.414. The summed E-state index contributed by atoms with van der Waals surface area (Å²) in [6.07, 6.45) is -0.995. The van der Waals surface area contributed by atoms with E-state index < -0.39 is 11.9 Å². The molecule has 0 saturated heterocycles. The molecule has 5 nitrogen and oxygen atoms in total. The molecule has 0 aliphatic carbocycles. The van der Waals surface area contributed by atoms with E-state index in [4.69, 9.17) is 4.74 Å². The molecule has 0 atom stereocenters. The highest BCUT2D eigenvalue weighted by molar-refractivity contribution is 5.57. The molecule has 0 radical (unpaired) electrons. The molecule has 2 heterocycles. The molecule has 27 heavy (non-hydrogen) atoms. The number of nitrogens with zero attached hydrogens (tertiary/aromatic N) is 3. The lowest BCUT2D eigenvalue weighted by atomic mass is 10.1. The van der Waals surface area contributed by atoms with Gasteiger partial charge in [-0.3, -0.25) is 4.98 Å². The third kappa shape index (κ3) is 4.93. The Morgan fingerprint density at radius 3 is 2.52 bits per heavy atom. The molecule has 3 aromatic rings. The summed E-state index contributed by atoms with van der Waals surface area (Å²) in [5.74, 6) is 0.844. The summed E-state index contributed by atoms with van der Waals surface area (Å²) in [5.41, 5.74) is 0.474. The van der Waals surface area contributed by atoms with E-state index in [1.54, 1.807) is 19.2 Å². The van der Waals surface area contributed by atoms with Crippen molar-refractivity contribution in [2.45, 2.75) is 12.6 Å². The van der Waals surface area contributed by atoms with Gasteiger partial charge in [0.1, 0.15) is 11.6 Å². The fraction of sp³-hybridized carbons (Fsp3) is 0.211. The number of halogens is 3. The highest BCUT2D eigenvalue weighted by Gasteiger charge is 2.33. The Morgan fingerprint density at radius 2 is 1.81 bits per heavy atom. The van der Waals surface area contributed by atoms with Crippen LogP contribution in [0.5, 0.6) is 5.75 Å². The first-order valence-corrected chi connectivity index (χ1v) is 8.19. The van der Waals surface area contributed by atoms with Crippen molar-refractivity contribution in [3.8, 4) is 17.1 Å². The first-order chi connectivity index (χ1) is 13.0. The number of alkyl halides is 3. The molecule has 0 aliphatic heterocycles. The number of rotatable bonds is 6. The minimum atomic E-state index is -4.56. The molecular formula is C19H17F3N4O. The van der Waals surface area contributed by atoms with Gasteiger partial charge in [0.25, 0.3) is 0 Å². The van der Waals surface area contributed by atoms with Crippen molar-refractivity contribution in [2.75, 3.05) is 19.0 Å². The lowest BCUT2D eigenvalue weighted by Crippen LogP contribution is -2.13. The van der Waals surface area contributed by atoms with E-state index in [9.17, 15) is 13.2 Å². The first kappa shape index (κ1) is 18.6. The molecule has 0 aliphatic rings. The first-order valence-electron chi connectivity index (χ1n) is 8.19. The molecule has 0 unspecified atom stereocenters. The van der Waals surface area contributed by atoms with Crippen molar-refractivity contribution >= 4 is 5.82 Å². The van der Waals surface area contributed by atoms with Crippen molar-refractivity contribution in [2.24, 2.45) is 0 Å². The summed E-state index contributed by atoms with van der Waals surface area (Å²) in [6, 6.07) is 11.5. The van der Waals surface area contributed by atoms with Gasteiger partial charge in [0.2, 0.25) is 0 Å². The van der Waals surface area contributed by atoms with Crippen molar-refractivity contribution in [1.29, 1.82) is 0 Å². The lowest BCUT2D eigenvalue weighted by molar-refractivity contribution is -0.141. The third-order valence-corrected chi connectivity index (χ3v) is 3.81. The van der Waals surface area contributed by atoms with Crippen LogP contribution in [0, 0.1) is 0 Å². The number of ether oxygens (including phenoxy) is 1. The topological polar surface area (TPSA) is 59.9 Å². The predicted octanol–water partition coefficient (Wildman–Crippen LogP) is 4.22. The van der Waals surface area contributed by atoms with Gasteiger partial charge in [0.05, 0.1) is 7.11 Å². The minimum absolute atomic E-state index is 0.00361. The van der Waals surface area contributed by atoms with Crippen LogP contribution in [0.25, 0.3) is 11.4 Å². The predicted molar refractivity (Wildman–Crippen MR) is 95.5 cm³/mol. The van der Waals surface area contributed by atoms with Crippen LogP contribution < -0.4 is 10.1 Å². The molecule has 2 aromatic heterocycles. The number of hydrogen-bond donors (Lipinski definition) is 1. The second kappa shape index (κ2) is 8.03. The maximum Gasteiger partial charge on any atom is 0.433 e. The number of nitrogens with one attached hydrogen (secondary N) is 1. The minimum Gasteiger partial charge on any atom is -0.497 e. The van der Waals surface area contributed by atoms with Crippen LogP contribution >= 0.6 is 0 Å². The van der Waals surface area contributed by atoms with Crippen molar-refractivity contribution in [3.05, 3.63) is 66.1 Å². The Labute approximate surface area is 154 Å². The number of anilines is 1. The zero-order valence-electron chi connectivity index (χ0n) is 14.5.